The van der Waals surface area contributed by atoms with Crippen molar-refractivity contribution in [1.29, 1.82) is 0 Å². The van der Waals surface area contributed by atoms with Gasteiger partial charge in [-0.1, -0.05) is 0 Å². The number of aliphatic hydroxyl groups is 3. The smallest absolute Gasteiger partial charge is 0.402 e. The van der Waals surface area contributed by atoms with Crippen LogP contribution >= 0.6 is 0 Å². The van der Waals surface area contributed by atoms with Crippen LogP contribution in [0, 0.1) is 0 Å². The molecule has 0 bridgehead atoms. The van der Waals surface area contributed by atoms with Crippen molar-refractivity contribution in [3.63, 3.8) is 0 Å². The SMILES string of the molecule is O=C(O)[C@H]1O[C@@H](Oc2cc3c(O)cc(O)cc3[o+]c2-c2ccc(O)c(O)c2)[C@H](O)[C@@H](O)[C@@H]1O. The maximum absolute atomic E-state index is 11.4. The van der Waals surface area contributed by atoms with E-state index in [0.29, 0.717) is 0 Å². The summed E-state index contributed by atoms with van der Waals surface area (Å²) in [7, 11) is 0. The lowest BCUT2D eigenvalue weighted by Crippen LogP contribution is -2.61. The first-order chi connectivity index (χ1) is 15.6. The fraction of sp³-hybridized carbons (Fsp3) is 0.238. The zero-order chi connectivity index (χ0) is 24.0. The average molecular weight is 463 g/mol. The number of carboxylic acids is 1. The second kappa shape index (κ2) is 8.26. The van der Waals surface area contributed by atoms with Crippen LogP contribution in [0.25, 0.3) is 22.3 Å². The van der Waals surface area contributed by atoms with E-state index in [-0.39, 0.29) is 33.8 Å². The van der Waals surface area contributed by atoms with Gasteiger partial charge < -0.3 is 50.3 Å². The Labute approximate surface area is 184 Å². The second-order valence-corrected chi connectivity index (χ2v) is 7.37. The highest BCUT2D eigenvalue weighted by molar-refractivity contribution is 5.88. The van der Waals surface area contributed by atoms with Crippen molar-refractivity contribution in [3.05, 3.63) is 36.4 Å². The van der Waals surface area contributed by atoms with Crippen LogP contribution in [0.4, 0.5) is 0 Å². The molecule has 174 valence electrons. The average Bonchev–Trinajstić information content (AvgIpc) is 2.75. The van der Waals surface area contributed by atoms with Gasteiger partial charge in [-0.25, -0.2) is 9.21 Å². The van der Waals surface area contributed by atoms with E-state index in [1.165, 1.54) is 18.2 Å². The zero-order valence-corrected chi connectivity index (χ0v) is 16.6. The molecule has 1 aromatic heterocycles. The molecule has 0 radical (unpaired) electrons. The normalized spacial score (nSPS) is 25.1. The van der Waals surface area contributed by atoms with E-state index >= 15 is 0 Å². The number of phenols is 4. The molecule has 2 heterocycles. The zero-order valence-electron chi connectivity index (χ0n) is 16.6. The lowest BCUT2D eigenvalue weighted by molar-refractivity contribution is -0.271. The van der Waals surface area contributed by atoms with Gasteiger partial charge in [0.25, 0.3) is 0 Å². The van der Waals surface area contributed by atoms with Crippen LogP contribution in [0.2, 0.25) is 0 Å². The van der Waals surface area contributed by atoms with Crippen LogP contribution in [0.1, 0.15) is 0 Å². The lowest BCUT2D eigenvalue weighted by Gasteiger charge is -2.38. The van der Waals surface area contributed by atoms with Gasteiger partial charge in [-0.2, -0.15) is 0 Å². The van der Waals surface area contributed by atoms with Gasteiger partial charge in [0.1, 0.15) is 35.2 Å². The number of hydrogen-bond donors (Lipinski definition) is 8. The first-order valence-electron chi connectivity index (χ1n) is 9.51. The van der Waals surface area contributed by atoms with E-state index < -0.39 is 53.9 Å². The third-order valence-electron chi connectivity index (χ3n) is 5.11. The highest BCUT2D eigenvalue weighted by Crippen LogP contribution is 2.42. The Balaban J connectivity index is 1.84. The van der Waals surface area contributed by atoms with Gasteiger partial charge >= 0.3 is 17.3 Å². The van der Waals surface area contributed by atoms with Crippen molar-refractivity contribution in [2.45, 2.75) is 30.7 Å². The Morgan fingerprint density at radius 3 is 2.27 bits per heavy atom. The van der Waals surface area contributed by atoms with Crippen molar-refractivity contribution in [3.8, 4) is 40.1 Å². The first-order valence-corrected chi connectivity index (χ1v) is 9.51. The van der Waals surface area contributed by atoms with Crippen molar-refractivity contribution in [1.82, 2.24) is 0 Å². The van der Waals surface area contributed by atoms with Crippen LogP contribution in [-0.4, -0.2) is 77.5 Å². The molecule has 2 aromatic carbocycles. The molecule has 0 aliphatic carbocycles. The summed E-state index contributed by atoms with van der Waals surface area (Å²) < 4.78 is 16.5. The fourth-order valence-electron chi connectivity index (χ4n) is 3.41. The van der Waals surface area contributed by atoms with E-state index in [9.17, 15) is 45.6 Å². The number of phenolic OH excluding ortho intramolecular Hbond substituents is 4. The van der Waals surface area contributed by atoms with Gasteiger partial charge in [-0.05, 0) is 12.1 Å². The van der Waals surface area contributed by atoms with E-state index in [1.807, 2.05) is 0 Å². The van der Waals surface area contributed by atoms with Gasteiger partial charge in [-0.3, -0.25) is 0 Å². The third kappa shape index (κ3) is 4.03. The second-order valence-electron chi connectivity index (χ2n) is 7.37. The number of rotatable bonds is 4. The maximum Gasteiger partial charge on any atom is 0.402 e. The lowest BCUT2D eigenvalue weighted by atomic mass is 9.99. The van der Waals surface area contributed by atoms with E-state index in [4.69, 9.17) is 13.9 Å². The highest BCUT2D eigenvalue weighted by atomic mass is 16.7. The van der Waals surface area contributed by atoms with Gasteiger partial charge in [-0.15, -0.1) is 0 Å². The summed E-state index contributed by atoms with van der Waals surface area (Å²) >= 11 is 0. The summed E-state index contributed by atoms with van der Waals surface area (Å²) in [6.45, 7) is 0. The number of carboxylic acid groups (broad SMARTS) is 1. The van der Waals surface area contributed by atoms with Crippen LogP contribution in [0.3, 0.4) is 0 Å². The van der Waals surface area contributed by atoms with Crippen LogP contribution < -0.4 is 4.74 Å². The highest BCUT2D eigenvalue weighted by Gasteiger charge is 2.48. The molecular weight excluding hydrogens is 444 g/mol. The number of hydrogen-bond acceptors (Lipinski definition) is 10. The molecule has 0 saturated carbocycles. The molecule has 0 unspecified atom stereocenters. The maximum atomic E-state index is 11.4. The number of aliphatic hydroxyl groups excluding tert-OH is 3. The third-order valence-corrected chi connectivity index (χ3v) is 5.11. The Kier molecular flexibility index (Phi) is 5.59. The molecule has 1 fully saturated rings. The molecule has 1 aliphatic rings. The number of carbonyl (C=O) groups is 1. The van der Waals surface area contributed by atoms with E-state index in [2.05, 4.69) is 0 Å². The predicted molar refractivity (Wildman–Crippen MR) is 108 cm³/mol. The molecule has 33 heavy (non-hydrogen) atoms. The summed E-state index contributed by atoms with van der Waals surface area (Å²) in [5.41, 5.74) is 0.136. The van der Waals surface area contributed by atoms with E-state index in [0.717, 1.165) is 18.2 Å². The number of aliphatic carboxylic acids is 1. The largest absolute Gasteiger partial charge is 0.507 e. The minimum absolute atomic E-state index is 0.00797. The molecule has 12 heteroatoms. The minimum Gasteiger partial charge on any atom is -0.507 e. The van der Waals surface area contributed by atoms with Crippen molar-refractivity contribution in [2.24, 2.45) is 0 Å². The van der Waals surface area contributed by atoms with Gasteiger partial charge in [0.15, 0.2) is 17.6 Å². The summed E-state index contributed by atoms with van der Waals surface area (Å²) in [6.07, 6.45) is -9.44. The number of fused-ring (bicyclic) bond motifs is 1. The Hall–Kier alpha value is -3.84. The van der Waals surface area contributed by atoms with Crippen LogP contribution in [0.15, 0.2) is 40.8 Å². The fourth-order valence-corrected chi connectivity index (χ4v) is 3.41. The summed E-state index contributed by atoms with van der Waals surface area (Å²) in [5, 5.41) is 78.9. The Morgan fingerprint density at radius 2 is 1.61 bits per heavy atom. The van der Waals surface area contributed by atoms with Crippen LogP contribution in [-0.2, 0) is 9.53 Å². The first kappa shape index (κ1) is 22.4. The standard InChI is InChI=1S/C21H18O12/c22-8-4-11(24)9-6-14(32-21-17(28)15(26)16(27)19(33-21)20(29)30)18(31-13(9)5-8)7-1-2-10(23)12(25)3-7/h1-6,15-17,19,21,26-28H,(H4-,22,23,24,25,29,30)/p+1/t15-,16-,17+,19-,21+/m0/s1. The molecule has 5 atom stereocenters. The van der Waals surface area contributed by atoms with Crippen molar-refractivity contribution < 1.29 is 59.5 Å². The predicted octanol–water partition coefficient (Wildman–Crippen LogP) is 0.474. The Bertz CT molecular complexity index is 1230. The molecule has 3 aromatic rings. The molecule has 12 nitrogen and oxygen atoms in total. The van der Waals surface area contributed by atoms with Gasteiger partial charge in [0.05, 0.1) is 11.6 Å². The van der Waals surface area contributed by atoms with Gasteiger partial charge in [0, 0.05) is 18.2 Å². The van der Waals surface area contributed by atoms with Crippen molar-refractivity contribution >= 4 is 16.9 Å². The molecule has 1 saturated heterocycles. The molecule has 4 rings (SSSR count). The monoisotopic (exact) mass is 463 g/mol. The van der Waals surface area contributed by atoms with Crippen LogP contribution in [0.5, 0.6) is 28.7 Å². The van der Waals surface area contributed by atoms with Gasteiger partial charge in [0.2, 0.25) is 12.0 Å². The molecule has 1 aliphatic heterocycles. The molecule has 0 amide bonds. The number of aromatic hydroxyl groups is 4. The number of ether oxygens (including phenoxy) is 2. The summed E-state index contributed by atoms with van der Waals surface area (Å²) in [4.78, 5) is 11.4. The van der Waals surface area contributed by atoms with E-state index in [1.54, 1.807) is 0 Å². The molecule has 8 N–H and O–H groups in total. The molecular formula is C21H19O12+. The topological polar surface area (TPSA) is 209 Å². The number of benzene rings is 2. The quantitative estimate of drug-likeness (QED) is 0.196. The summed E-state index contributed by atoms with van der Waals surface area (Å²) in [6, 6.07) is 7.06. The Morgan fingerprint density at radius 1 is 0.879 bits per heavy atom. The summed E-state index contributed by atoms with van der Waals surface area (Å²) in [5.74, 6) is -3.62. The molecule has 0 spiro atoms. The van der Waals surface area contributed by atoms with Crippen molar-refractivity contribution in [2.75, 3.05) is 0 Å². The minimum atomic E-state index is -1.93.